The summed E-state index contributed by atoms with van der Waals surface area (Å²) in [5, 5.41) is 2.59. The van der Waals surface area contributed by atoms with E-state index in [-0.39, 0.29) is 16.3 Å². The fourth-order valence-corrected chi connectivity index (χ4v) is 2.96. The summed E-state index contributed by atoms with van der Waals surface area (Å²) in [6.45, 7) is 4.25. The van der Waals surface area contributed by atoms with Crippen LogP contribution in [0.5, 0.6) is 0 Å². The SMILES string of the molecule is CC(=O)Nc1ccc(Cl)cc1C(C)(C#CCN1CCCC1)C(F)(F)F. The van der Waals surface area contributed by atoms with Crippen LogP contribution in [0.25, 0.3) is 0 Å². The van der Waals surface area contributed by atoms with Crippen molar-refractivity contribution in [3.8, 4) is 11.8 Å². The number of benzene rings is 1. The Morgan fingerprint density at radius 2 is 1.96 bits per heavy atom. The molecule has 1 aromatic carbocycles. The monoisotopic (exact) mass is 372 g/mol. The molecule has 1 amide bonds. The molecule has 1 aliphatic rings. The number of rotatable bonds is 3. The number of nitrogens with zero attached hydrogens (tertiary/aromatic N) is 1. The maximum absolute atomic E-state index is 13.9. The lowest BCUT2D eigenvalue weighted by molar-refractivity contribution is -0.167. The van der Waals surface area contributed by atoms with Gasteiger partial charge in [0.2, 0.25) is 5.91 Å². The van der Waals surface area contributed by atoms with E-state index in [0.29, 0.717) is 6.54 Å². The van der Waals surface area contributed by atoms with Crippen LogP contribution in [0.2, 0.25) is 5.02 Å². The minimum absolute atomic E-state index is 0.0622. The quantitative estimate of drug-likeness (QED) is 0.806. The minimum atomic E-state index is -4.62. The number of halogens is 4. The van der Waals surface area contributed by atoms with Crippen LogP contribution in [0.1, 0.15) is 32.3 Å². The zero-order valence-corrected chi connectivity index (χ0v) is 14.9. The van der Waals surface area contributed by atoms with Crippen molar-refractivity contribution in [2.24, 2.45) is 0 Å². The number of hydrogen-bond donors (Lipinski definition) is 1. The van der Waals surface area contributed by atoms with Gasteiger partial charge in [0.15, 0.2) is 5.41 Å². The number of likely N-dealkylation sites (tertiary alicyclic amines) is 1. The van der Waals surface area contributed by atoms with Gasteiger partial charge in [-0.2, -0.15) is 13.2 Å². The molecular formula is C18H20ClF3N2O. The maximum Gasteiger partial charge on any atom is 0.408 e. The standard InChI is InChI=1S/C18H20ClF3N2O/c1-13(25)23-16-7-6-14(19)12-15(16)17(2,18(20,21)22)8-5-11-24-9-3-4-10-24/h6-7,12H,3-4,9-11H2,1-2H3,(H,23,25). The highest BCUT2D eigenvalue weighted by Gasteiger charge is 2.52. The van der Waals surface area contributed by atoms with Gasteiger partial charge in [-0.3, -0.25) is 9.69 Å². The van der Waals surface area contributed by atoms with Crippen molar-refractivity contribution in [2.45, 2.75) is 38.3 Å². The van der Waals surface area contributed by atoms with E-state index in [2.05, 4.69) is 17.2 Å². The summed E-state index contributed by atoms with van der Waals surface area (Å²) in [7, 11) is 0. The molecule has 0 saturated carbocycles. The third-order valence-corrected chi connectivity index (χ3v) is 4.47. The van der Waals surface area contributed by atoms with Gasteiger partial charge in [-0.1, -0.05) is 23.4 Å². The average molecular weight is 373 g/mol. The number of alkyl halides is 3. The molecule has 1 atom stereocenters. The van der Waals surface area contributed by atoms with Gasteiger partial charge in [-0.15, -0.1) is 0 Å². The molecule has 7 heteroatoms. The van der Waals surface area contributed by atoms with Gasteiger partial charge in [0.05, 0.1) is 6.54 Å². The fourth-order valence-electron chi connectivity index (χ4n) is 2.79. The highest BCUT2D eigenvalue weighted by molar-refractivity contribution is 6.30. The van der Waals surface area contributed by atoms with Crippen molar-refractivity contribution in [1.82, 2.24) is 4.90 Å². The molecule has 1 unspecified atom stereocenters. The molecular weight excluding hydrogens is 353 g/mol. The summed E-state index contributed by atoms with van der Waals surface area (Å²) in [6, 6.07) is 4.01. The predicted octanol–water partition coefficient (Wildman–Crippen LogP) is 4.22. The molecule has 0 spiro atoms. The normalized spacial score (nSPS) is 17.5. The molecule has 1 N–H and O–H groups in total. The van der Waals surface area contributed by atoms with E-state index in [1.165, 1.54) is 25.1 Å². The summed E-state index contributed by atoms with van der Waals surface area (Å²) in [5.41, 5.74) is -2.53. The van der Waals surface area contributed by atoms with Crippen molar-refractivity contribution in [2.75, 3.05) is 25.0 Å². The maximum atomic E-state index is 13.9. The Labute approximate surface area is 150 Å². The molecule has 1 heterocycles. The average Bonchev–Trinajstić information content (AvgIpc) is 3.00. The van der Waals surface area contributed by atoms with Gasteiger partial charge in [0.25, 0.3) is 0 Å². The number of carbonyl (C=O) groups excluding carboxylic acids is 1. The van der Waals surface area contributed by atoms with Crippen LogP contribution in [-0.2, 0) is 10.2 Å². The zero-order chi connectivity index (χ0) is 18.7. The Hall–Kier alpha value is -1.71. The van der Waals surface area contributed by atoms with Crippen LogP contribution < -0.4 is 5.32 Å². The van der Waals surface area contributed by atoms with Gasteiger partial charge < -0.3 is 5.32 Å². The molecule has 1 fully saturated rings. The summed E-state index contributed by atoms with van der Waals surface area (Å²) in [5.74, 6) is 4.61. The van der Waals surface area contributed by atoms with Gasteiger partial charge in [0.1, 0.15) is 0 Å². The minimum Gasteiger partial charge on any atom is -0.326 e. The van der Waals surface area contributed by atoms with E-state index in [1.807, 2.05) is 4.90 Å². The smallest absolute Gasteiger partial charge is 0.326 e. The lowest BCUT2D eigenvalue weighted by Gasteiger charge is -2.29. The van der Waals surface area contributed by atoms with Crippen LogP contribution in [-0.4, -0.2) is 36.6 Å². The van der Waals surface area contributed by atoms with Crippen LogP contribution in [0.15, 0.2) is 18.2 Å². The van der Waals surface area contributed by atoms with Gasteiger partial charge in [-0.25, -0.2) is 0 Å². The Balaban J connectivity index is 2.44. The first-order chi connectivity index (χ1) is 11.6. The van der Waals surface area contributed by atoms with E-state index in [4.69, 9.17) is 11.6 Å². The number of hydrogen-bond acceptors (Lipinski definition) is 2. The van der Waals surface area contributed by atoms with E-state index in [9.17, 15) is 18.0 Å². The summed E-state index contributed by atoms with van der Waals surface area (Å²) in [4.78, 5) is 13.4. The van der Waals surface area contributed by atoms with Crippen LogP contribution >= 0.6 is 11.6 Å². The van der Waals surface area contributed by atoms with Crippen LogP contribution in [0.4, 0.5) is 18.9 Å². The Morgan fingerprint density at radius 3 is 2.52 bits per heavy atom. The molecule has 0 aromatic heterocycles. The van der Waals surface area contributed by atoms with Crippen molar-refractivity contribution < 1.29 is 18.0 Å². The summed E-state index contributed by atoms with van der Waals surface area (Å²) >= 11 is 5.91. The highest BCUT2D eigenvalue weighted by atomic mass is 35.5. The molecule has 0 aliphatic carbocycles. The van der Waals surface area contributed by atoms with Gasteiger partial charge in [0, 0.05) is 23.2 Å². The highest BCUT2D eigenvalue weighted by Crippen LogP contribution is 2.44. The molecule has 0 radical (unpaired) electrons. The van der Waals surface area contributed by atoms with Crippen molar-refractivity contribution in [3.63, 3.8) is 0 Å². The molecule has 2 rings (SSSR count). The summed E-state index contributed by atoms with van der Waals surface area (Å²) in [6.07, 6.45) is -2.54. The third kappa shape index (κ3) is 4.68. The molecule has 25 heavy (non-hydrogen) atoms. The van der Waals surface area contributed by atoms with E-state index >= 15 is 0 Å². The second-order valence-corrected chi connectivity index (χ2v) is 6.72. The largest absolute Gasteiger partial charge is 0.408 e. The van der Waals surface area contributed by atoms with Crippen LogP contribution in [0.3, 0.4) is 0 Å². The second-order valence-electron chi connectivity index (χ2n) is 6.28. The van der Waals surface area contributed by atoms with E-state index < -0.39 is 17.5 Å². The molecule has 3 nitrogen and oxygen atoms in total. The molecule has 1 aromatic rings. The molecule has 1 saturated heterocycles. The molecule has 0 bridgehead atoms. The van der Waals surface area contributed by atoms with Gasteiger partial charge in [-0.05, 0) is 51.1 Å². The number of nitrogens with one attached hydrogen (secondary N) is 1. The van der Waals surface area contributed by atoms with Gasteiger partial charge >= 0.3 is 6.18 Å². The lowest BCUT2D eigenvalue weighted by atomic mass is 9.81. The fraction of sp³-hybridized carbons (Fsp3) is 0.500. The van der Waals surface area contributed by atoms with E-state index in [0.717, 1.165) is 32.9 Å². The zero-order valence-electron chi connectivity index (χ0n) is 14.1. The van der Waals surface area contributed by atoms with Crippen LogP contribution in [0, 0.1) is 11.8 Å². The predicted molar refractivity (Wildman–Crippen MR) is 92.6 cm³/mol. The van der Waals surface area contributed by atoms with Crippen molar-refractivity contribution >= 4 is 23.2 Å². The molecule has 136 valence electrons. The Morgan fingerprint density at radius 1 is 1.32 bits per heavy atom. The number of amides is 1. The van der Waals surface area contributed by atoms with E-state index in [1.54, 1.807) is 0 Å². The summed E-state index contributed by atoms with van der Waals surface area (Å²) < 4.78 is 41.6. The van der Waals surface area contributed by atoms with Crippen molar-refractivity contribution in [3.05, 3.63) is 28.8 Å². The number of carbonyl (C=O) groups is 1. The lowest BCUT2D eigenvalue weighted by Crippen LogP contribution is -2.39. The number of anilines is 1. The Kier molecular flexibility index (Phi) is 6.02. The van der Waals surface area contributed by atoms with Crippen molar-refractivity contribution in [1.29, 1.82) is 0 Å². The Bertz CT molecular complexity index is 702. The third-order valence-electron chi connectivity index (χ3n) is 4.24. The topological polar surface area (TPSA) is 32.3 Å². The molecule has 1 aliphatic heterocycles. The second kappa shape index (κ2) is 7.67. The first kappa shape index (κ1) is 19.6. The first-order valence-corrected chi connectivity index (χ1v) is 8.38. The first-order valence-electron chi connectivity index (χ1n) is 8.00.